The molecule has 0 unspecified atom stereocenters. The molecule has 1 aromatic carbocycles. The summed E-state index contributed by atoms with van der Waals surface area (Å²) in [4.78, 5) is 3.82. The number of halogens is 1. The van der Waals surface area contributed by atoms with Crippen LogP contribution < -0.4 is 4.74 Å². The molecule has 2 aromatic rings. The van der Waals surface area contributed by atoms with Crippen LogP contribution in [0.2, 0.25) is 0 Å². The van der Waals surface area contributed by atoms with Crippen LogP contribution in [0.15, 0.2) is 40.2 Å². The molecule has 0 aliphatic carbocycles. The number of hydrogen-bond donors (Lipinski definition) is 0. The maximum absolute atomic E-state index is 5.77. The number of para-hydroxylation sites is 1. The van der Waals surface area contributed by atoms with E-state index in [0.717, 1.165) is 32.0 Å². The summed E-state index contributed by atoms with van der Waals surface area (Å²) >= 11 is 5.31. The molecule has 0 fully saturated rings. The van der Waals surface area contributed by atoms with Crippen molar-refractivity contribution in [1.82, 2.24) is 4.90 Å². The fourth-order valence-corrected chi connectivity index (χ4v) is 3.66. The zero-order chi connectivity index (χ0) is 12.4. The Morgan fingerprint density at radius 2 is 2.22 bits per heavy atom. The molecule has 2 heterocycles. The zero-order valence-corrected chi connectivity index (χ0v) is 12.3. The third-order valence-corrected chi connectivity index (χ3v) is 4.72. The van der Waals surface area contributed by atoms with Crippen molar-refractivity contribution in [3.8, 4) is 5.75 Å². The highest BCUT2D eigenvalue weighted by Gasteiger charge is 2.15. The standard InChI is InChI=1S/C14H14BrNOS/c15-12-7-13(18-10-12)9-16-5-6-17-14-4-2-1-3-11(14)8-16/h1-4,7,10H,5-6,8-9H2. The largest absolute Gasteiger partial charge is 0.492 e. The summed E-state index contributed by atoms with van der Waals surface area (Å²) < 4.78 is 6.95. The molecule has 0 bridgehead atoms. The Bertz CT molecular complexity index is 540. The van der Waals surface area contributed by atoms with Gasteiger partial charge in [-0.3, -0.25) is 4.90 Å². The second kappa shape index (κ2) is 5.43. The predicted molar refractivity (Wildman–Crippen MR) is 78.1 cm³/mol. The number of benzene rings is 1. The molecule has 1 aliphatic heterocycles. The lowest BCUT2D eigenvalue weighted by Crippen LogP contribution is -2.24. The fourth-order valence-electron chi connectivity index (χ4n) is 2.17. The van der Waals surface area contributed by atoms with Crippen LogP contribution in [0.1, 0.15) is 10.4 Å². The molecule has 4 heteroatoms. The first kappa shape index (κ1) is 12.2. The number of hydrogen-bond acceptors (Lipinski definition) is 3. The molecule has 0 N–H and O–H groups in total. The summed E-state index contributed by atoms with van der Waals surface area (Å²) in [7, 11) is 0. The first-order chi connectivity index (χ1) is 8.81. The Morgan fingerprint density at radius 3 is 3.06 bits per heavy atom. The van der Waals surface area contributed by atoms with Gasteiger partial charge in [-0.2, -0.15) is 0 Å². The first-order valence-corrected chi connectivity index (χ1v) is 7.64. The van der Waals surface area contributed by atoms with Crippen LogP contribution in [0.25, 0.3) is 0 Å². The van der Waals surface area contributed by atoms with E-state index < -0.39 is 0 Å². The summed E-state index contributed by atoms with van der Waals surface area (Å²) in [5.74, 6) is 1.03. The second-order valence-electron chi connectivity index (χ2n) is 4.40. The highest BCUT2D eigenvalue weighted by atomic mass is 79.9. The molecular weight excluding hydrogens is 310 g/mol. The monoisotopic (exact) mass is 323 g/mol. The Kier molecular flexibility index (Phi) is 3.68. The molecule has 94 valence electrons. The van der Waals surface area contributed by atoms with Crippen molar-refractivity contribution in [2.75, 3.05) is 13.2 Å². The van der Waals surface area contributed by atoms with E-state index in [9.17, 15) is 0 Å². The molecule has 1 aromatic heterocycles. The van der Waals surface area contributed by atoms with Crippen LogP contribution >= 0.6 is 27.3 Å². The summed E-state index contributed by atoms with van der Waals surface area (Å²) in [5, 5.41) is 2.14. The van der Waals surface area contributed by atoms with Gasteiger partial charge in [-0.25, -0.2) is 0 Å². The van der Waals surface area contributed by atoms with Gasteiger partial charge in [0, 0.05) is 39.9 Å². The van der Waals surface area contributed by atoms with Crippen molar-refractivity contribution in [2.45, 2.75) is 13.1 Å². The minimum absolute atomic E-state index is 0.767. The van der Waals surface area contributed by atoms with Gasteiger partial charge in [0.05, 0.1) is 0 Å². The van der Waals surface area contributed by atoms with Gasteiger partial charge in [-0.1, -0.05) is 18.2 Å². The Balaban J connectivity index is 1.75. The van der Waals surface area contributed by atoms with Crippen molar-refractivity contribution < 1.29 is 4.74 Å². The highest BCUT2D eigenvalue weighted by Crippen LogP contribution is 2.25. The summed E-state index contributed by atoms with van der Waals surface area (Å²) in [6.45, 7) is 3.70. The van der Waals surface area contributed by atoms with Crippen molar-refractivity contribution >= 4 is 27.3 Å². The maximum Gasteiger partial charge on any atom is 0.123 e. The third-order valence-electron chi connectivity index (χ3n) is 3.03. The van der Waals surface area contributed by atoms with Crippen LogP contribution in [0, 0.1) is 0 Å². The van der Waals surface area contributed by atoms with E-state index >= 15 is 0 Å². The molecular formula is C14H14BrNOS. The summed E-state index contributed by atoms with van der Waals surface area (Å²) in [6.07, 6.45) is 0. The third kappa shape index (κ3) is 2.76. The molecule has 18 heavy (non-hydrogen) atoms. The van der Waals surface area contributed by atoms with Crippen LogP contribution in [0.3, 0.4) is 0 Å². The average molecular weight is 324 g/mol. The number of fused-ring (bicyclic) bond motifs is 1. The normalized spacial score (nSPS) is 15.8. The molecule has 0 saturated carbocycles. The van der Waals surface area contributed by atoms with E-state index in [0.29, 0.717) is 0 Å². The van der Waals surface area contributed by atoms with Crippen LogP contribution in [-0.4, -0.2) is 18.1 Å². The fraction of sp³-hybridized carbons (Fsp3) is 0.286. The van der Waals surface area contributed by atoms with Gasteiger partial charge < -0.3 is 4.74 Å². The van der Waals surface area contributed by atoms with Gasteiger partial charge in [0.15, 0.2) is 0 Å². The number of rotatable bonds is 2. The minimum atomic E-state index is 0.767. The minimum Gasteiger partial charge on any atom is -0.492 e. The zero-order valence-electron chi connectivity index (χ0n) is 9.93. The Hall–Kier alpha value is -0.840. The topological polar surface area (TPSA) is 12.5 Å². The lowest BCUT2D eigenvalue weighted by molar-refractivity contribution is 0.221. The molecule has 1 aliphatic rings. The second-order valence-corrected chi connectivity index (χ2v) is 6.31. The van der Waals surface area contributed by atoms with Crippen LogP contribution in [0.5, 0.6) is 5.75 Å². The number of nitrogens with zero attached hydrogens (tertiary/aromatic N) is 1. The van der Waals surface area contributed by atoms with Crippen molar-refractivity contribution in [3.63, 3.8) is 0 Å². The van der Waals surface area contributed by atoms with E-state index in [1.165, 1.54) is 14.9 Å². The van der Waals surface area contributed by atoms with Gasteiger partial charge in [-0.05, 0) is 28.1 Å². The van der Waals surface area contributed by atoms with Gasteiger partial charge in [0.2, 0.25) is 0 Å². The SMILES string of the molecule is Brc1csc(CN2CCOc3ccccc3C2)c1. The van der Waals surface area contributed by atoms with E-state index in [4.69, 9.17) is 4.74 Å². The van der Waals surface area contributed by atoms with Crippen molar-refractivity contribution in [1.29, 1.82) is 0 Å². The van der Waals surface area contributed by atoms with Crippen molar-refractivity contribution in [3.05, 3.63) is 50.6 Å². The molecule has 0 radical (unpaired) electrons. The smallest absolute Gasteiger partial charge is 0.123 e. The molecule has 0 atom stereocenters. The van der Waals surface area contributed by atoms with Gasteiger partial charge >= 0.3 is 0 Å². The van der Waals surface area contributed by atoms with Crippen molar-refractivity contribution in [2.24, 2.45) is 0 Å². The van der Waals surface area contributed by atoms with Crippen LogP contribution in [-0.2, 0) is 13.1 Å². The molecule has 0 saturated heterocycles. The molecule has 0 spiro atoms. The lowest BCUT2D eigenvalue weighted by Gasteiger charge is -2.18. The Labute approximate surface area is 119 Å². The Morgan fingerprint density at radius 1 is 1.33 bits per heavy atom. The summed E-state index contributed by atoms with van der Waals surface area (Å²) in [6, 6.07) is 10.5. The van der Waals surface area contributed by atoms with E-state index in [2.05, 4.69) is 50.5 Å². The van der Waals surface area contributed by atoms with Gasteiger partial charge in [0.25, 0.3) is 0 Å². The summed E-state index contributed by atoms with van der Waals surface area (Å²) in [5.41, 5.74) is 1.28. The van der Waals surface area contributed by atoms with Gasteiger partial charge in [0.1, 0.15) is 12.4 Å². The molecule has 0 amide bonds. The molecule has 3 rings (SSSR count). The quantitative estimate of drug-likeness (QED) is 0.831. The maximum atomic E-state index is 5.77. The van der Waals surface area contributed by atoms with Crippen LogP contribution in [0.4, 0.5) is 0 Å². The van der Waals surface area contributed by atoms with Gasteiger partial charge in [-0.15, -0.1) is 11.3 Å². The van der Waals surface area contributed by atoms with E-state index in [-0.39, 0.29) is 0 Å². The van der Waals surface area contributed by atoms with E-state index in [1.54, 1.807) is 11.3 Å². The number of thiophene rings is 1. The first-order valence-electron chi connectivity index (χ1n) is 5.97. The highest BCUT2D eigenvalue weighted by molar-refractivity contribution is 9.10. The predicted octanol–water partition coefficient (Wildman–Crippen LogP) is 3.91. The average Bonchev–Trinajstić information content (AvgIpc) is 2.66. The number of ether oxygens (including phenoxy) is 1. The lowest BCUT2D eigenvalue weighted by atomic mass is 10.2. The van der Waals surface area contributed by atoms with E-state index in [1.807, 2.05) is 6.07 Å². The molecule has 2 nitrogen and oxygen atoms in total.